The Kier molecular flexibility index (Phi) is 3.92. The van der Waals surface area contributed by atoms with Crippen molar-refractivity contribution in [3.8, 4) is 0 Å². The zero-order valence-corrected chi connectivity index (χ0v) is 9.91. The summed E-state index contributed by atoms with van der Waals surface area (Å²) in [6.07, 6.45) is 2.34. The largest absolute Gasteiger partial charge is 0.354 e. The zero-order chi connectivity index (χ0) is 13.0. The zero-order valence-electron chi connectivity index (χ0n) is 9.91. The lowest BCUT2D eigenvalue weighted by molar-refractivity contribution is -0.120. The first kappa shape index (κ1) is 12.5. The van der Waals surface area contributed by atoms with Crippen LogP contribution in [0.1, 0.15) is 23.2 Å². The van der Waals surface area contributed by atoms with Crippen molar-refractivity contribution >= 4 is 11.8 Å². The van der Waals surface area contributed by atoms with Crippen molar-refractivity contribution < 1.29 is 14.0 Å². The van der Waals surface area contributed by atoms with Crippen LogP contribution >= 0.6 is 0 Å². The summed E-state index contributed by atoms with van der Waals surface area (Å²) in [5.74, 6) is -0.357. The Morgan fingerprint density at radius 3 is 2.44 bits per heavy atom. The fraction of sp³-hybridized carbons (Fsp3) is 0.385. The van der Waals surface area contributed by atoms with Crippen LogP contribution in [-0.4, -0.2) is 24.9 Å². The second-order valence-electron chi connectivity index (χ2n) is 4.44. The monoisotopic (exact) mass is 250 g/mol. The van der Waals surface area contributed by atoms with Gasteiger partial charge in [0, 0.05) is 12.1 Å². The van der Waals surface area contributed by atoms with Crippen LogP contribution < -0.4 is 10.6 Å². The van der Waals surface area contributed by atoms with Crippen molar-refractivity contribution in [2.75, 3.05) is 13.1 Å². The Hall–Kier alpha value is -1.91. The first-order valence-corrected chi connectivity index (χ1v) is 5.95. The predicted octanol–water partition coefficient (Wildman–Crippen LogP) is 1.08. The van der Waals surface area contributed by atoms with Crippen molar-refractivity contribution in [3.05, 3.63) is 35.6 Å². The van der Waals surface area contributed by atoms with Crippen LogP contribution in [0.15, 0.2) is 24.3 Å². The van der Waals surface area contributed by atoms with Gasteiger partial charge in [-0.2, -0.15) is 0 Å². The van der Waals surface area contributed by atoms with Gasteiger partial charge in [-0.1, -0.05) is 0 Å². The van der Waals surface area contributed by atoms with Gasteiger partial charge in [-0.15, -0.1) is 0 Å². The van der Waals surface area contributed by atoms with E-state index in [1.165, 1.54) is 37.1 Å². The first-order valence-electron chi connectivity index (χ1n) is 5.95. The number of carbonyl (C=O) groups excluding carboxylic acids is 2. The summed E-state index contributed by atoms with van der Waals surface area (Å²) in [6.45, 7) is 0.633. The van der Waals surface area contributed by atoms with Crippen LogP contribution in [0.4, 0.5) is 4.39 Å². The summed E-state index contributed by atoms with van der Waals surface area (Å²) in [7, 11) is 0. The molecule has 5 heteroatoms. The minimum absolute atomic E-state index is 0.0526. The molecule has 2 rings (SSSR count). The maximum atomic E-state index is 12.7. The van der Waals surface area contributed by atoms with Crippen LogP contribution in [0.5, 0.6) is 0 Å². The van der Waals surface area contributed by atoms with E-state index >= 15 is 0 Å². The molecule has 1 aromatic carbocycles. The Morgan fingerprint density at radius 2 is 1.83 bits per heavy atom. The number of hydrogen-bond donors (Lipinski definition) is 2. The van der Waals surface area contributed by atoms with E-state index in [0.29, 0.717) is 18.0 Å². The molecule has 0 bridgehead atoms. The van der Waals surface area contributed by atoms with E-state index in [1.807, 2.05) is 0 Å². The van der Waals surface area contributed by atoms with Gasteiger partial charge in [0.1, 0.15) is 5.82 Å². The highest BCUT2D eigenvalue weighted by atomic mass is 19.1. The van der Waals surface area contributed by atoms with Crippen LogP contribution in [0.3, 0.4) is 0 Å². The Labute approximate surface area is 105 Å². The van der Waals surface area contributed by atoms with Gasteiger partial charge in [-0.25, -0.2) is 4.39 Å². The number of rotatable bonds is 5. The van der Waals surface area contributed by atoms with E-state index in [-0.39, 0.29) is 18.4 Å². The lowest BCUT2D eigenvalue weighted by atomic mass is 10.2. The van der Waals surface area contributed by atoms with E-state index in [1.54, 1.807) is 0 Å². The fourth-order valence-corrected chi connectivity index (χ4v) is 1.51. The molecule has 1 aromatic rings. The molecular formula is C13H15FN2O2. The predicted molar refractivity (Wildman–Crippen MR) is 64.5 cm³/mol. The van der Waals surface area contributed by atoms with Gasteiger partial charge in [-0.3, -0.25) is 9.59 Å². The molecule has 2 amide bonds. The van der Waals surface area contributed by atoms with E-state index in [4.69, 9.17) is 0 Å². The summed E-state index contributed by atoms with van der Waals surface area (Å²) in [5.41, 5.74) is 0.339. The SMILES string of the molecule is O=C(CNC(=O)c1ccc(F)cc1)NCC1CC1. The average molecular weight is 250 g/mol. The average Bonchev–Trinajstić information content (AvgIpc) is 3.18. The number of halogens is 1. The minimum atomic E-state index is -0.395. The minimum Gasteiger partial charge on any atom is -0.354 e. The molecule has 4 nitrogen and oxygen atoms in total. The molecule has 0 aromatic heterocycles. The number of amides is 2. The van der Waals surface area contributed by atoms with Gasteiger partial charge in [0.15, 0.2) is 0 Å². The van der Waals surface area contributed by atoms with Crippen LogP contribution in [0.2, 0.25) is 0 Å². The second kappa shape index (κ2) is 5.62. The van der Waals surface area contributed by atoms with E-state index in [0.717, 1.165) is 0 Å². The fourth-order valence-electron chi connectivity index (χ4n) is 1.51. The molecule has 0 heterocycles. The van der Waals surface area contributed by atoms with E-state index in [2.05, 4.69) is 10.6 Å². The van der Waals surface area contributed by atoms with Crippen molar-refractivity contribution in [2.24, 2.45) is 5.92 Å². The topological polar surface area (TPSA) is 58.2 Å². The van der Waals surface area contributed by atoms with Gasteiger partial charge in [0.25, 0.3) is 5.91 Å². The molecule has 1 aliphatic carbocycles. The number of nitrogens with one attached hydrogen (secondary N) is 2. The summed E-state index contributed by atoms with van der Waals surface area (Å²) in [5, 5.41) is 5.24. The Morgan fingerprint density at radius 1 is 1.17 bits per heavy atom. The van der Waals surface area contributed by atoms with Gasteiger partial charge in [0.2, 0.25) is 5.91 Å². The maximum absolute atomic E-state index is 12.7. The number of carbonyl (C=O) groups is 2. The third kappa shape index (κ3) is 3.84. The molecule has 1 saturated carbocycles. The van der Waals surface area contributed by atoms with Crippen molar-refractivity contribution in [1.82, 2.24) is 10.6 Å². The smallest absolute Gasteiger partial charge is 0.251 e. The van der Waals surface area contributed by atoms with Gasteiger partial charge < -0.3 is 10.6 Å². The molecule has 0 radical (unpaired) electrons. The third-order valence-corrected chi connectivity index (χ3v) is 2.80. The standard InChI is InChI=1S/C13H15FN2O2/c14-11-5-3-10(4-6-11)13(18)16-8-12(17)15-7-9-1-2-9/h3-6,9H,1-2,7-8H2,(H,15,17)(H,16,18). The van der Waals surface area contributed by atoms with Crippen LogP contribution in [0, 0.1) is 11.7 Å². The molecule has 0 aliphatic heterocycles. The third-order valence-electron chi connectivity index (χ3n) is 2.80. The highest BCUT2D eigenvalue weighted by molar-refractivity contribution is 5.96. The lowest BCUT2D eigenvalue weighted by Crippen LogP contribution is -2.37. The van der Waals surface area contributed by atoms with E-state index < -0.39 is 5.82 Å². The molecule has 0 spiro atoms. The van der Waals surface area contributed by atoms with Crippen LogP contribution in [-0.2, 0) is 4.79 Å². The quantitative estimate of drug-likeness (QED) is 0.821. The Balaban J connectivity index is 1.73. The maximum Gasteiger partial charge on any atom is 0.251 e. The summed E-state index contributed by atoms with van der Waals surface area (Å²) in [4.78, 5) is 23.0. The molecule has 0 atom stereocenters. The molecule has 1 fully saturated rings. The van der Waals surface area contributed by atoms with Gasteiger partial charge >= 0.3 is 0 Å². The van der Waals surface area contributed by atoms with Crippen molar-refractivity contribution in [1.29, 1.82) is 0 Å². The number of benzene rings is 1. The molecule has 18 heavy (non-hydrogen) atoms. The van der Waals surface area contributed by atoms with Gasteiger partial charge in [-0.05, 0) is 43.0 Å². The summed E-state index contributed by atoms with van der Waals surface area (Å²) in [6, 6.07) is 5.18. The van der Waals surface area contributed by atoms with Crippen molar-refractivity contribution in [3.63, 3.8) is 0 Å². The number of hydrogen-bond acceptors (Lipinski definition) is 2. The molecule has 0 saturated heterocycles. The Bertz CT molecular complexity index is 441. The van der Waals surface area contributed by atoms with Crippen LogP contribution in [0.25, 0.3) is 0 Å². The highest BCUT2D eigenvalue weighted by Crippen LogP contribution is 2.27. The lowest BCUT2D eigenvalue weighted by Gasteiger charge is -2.06. The van der Waals surface area contributed by atoms with Gasteiger partial charge in [0.05, 0.1) is 6.54 Å². The second-order valence-corrected chi connectivity index (χ2v) is 4.44. The molecule has 0 unspecified atom stereocenters. The first-order chi connectivity index (χ1) is 8.65. The van der Waals surface area contributed by atoms with Crippen molar-refractivity contribution in [2.45, 2.75) is 12.8 Å². The molecule has 96 valence electrons. The summed E-state index contributed by atoms with van der Waals surface area (Å²) < 4.78 is 12.7. The normalized spacial score (nSPS) is 14.1. The van der Waals surface area contributed by atoms with E-state index in [9.17, 15) is 14.0 Å². The molecule has 2 N–H and O–H groups in total. The summed E-state index contributed by atoms with van der Waals surface area (Å²) >= 11 is 0. The molecular weight excluding hydrogens is 235 g/mol. The molecule has 1 aliphatic rings. The highest BCUT2D eigenvalue weighted by Gasteiger charge is 2.21.